The van der Waals surface area contributed by atoms with Gasteiger partial charge in [-0.3, -0.25) is 0 Å². The van der Waals surface area contributed by atoms with Crippen molar-refractivity contribution in [2.24, 2.45) is 7.05 Å². The topological polar surface area (TPSA) is 57.8 Å². The van der Waals surface area contributed by atoms with E-state index in [1.54, 1.807) is 19.5 Å². The number of aryl methyl sites for hydroxylation is 1. The third-order valence-electron chi connectivity index (χ3n) is 5.34. The fraction of sp³-hybridized carbons (Fsp3) is 0.125. The number of hydrogen-bond acceptors (Lipinski definition) is 4. The molecule has 5 rings (SSSR count). The number of rotatable bonds is 5. The fourth-order valence-corrected chi connectivity index (χ4v) is 4.04. The number of pyridine rings is 1. The summed E-state index contributed by atoms with van der Waals surface area (Å²) in [6, 6.07) is 16.1. The summed E-state index contributed by atoms with van der Waals surface area (Å²) in [5.74, 6) is 1.42. The van der Waals surface area contributed by atoms with Crippen LogP contribution in [-0.4, -0.2) is 31.4 Å². The van der Waals surface area contributed by atoms with Crippen LogP contribution in [0.25, 0.3) is 28.0 Å². The first-order valence-corrected chi connectivity index (χ1v) is 10.2. The highest BCUT2D eigenvalue weighted by atomic mass is 35.5. The summed E-state index contributed by atoms with van der Waals surface area (Å²) in [4.78, 5) is 9.15. The predicted molar refractivity (Wildman–Crippen MR) is 122 cm³/mol. The second-order valence-electron chi connectivity index (χ2n) is 7.30. The predicted octanol–water partition coefficient (Wildman–Crippen LogP) is 5.07. The molecule has 5 aromatic rings. The summed E-state index contributed by atoms with van der Waals surface area (Å²) in [6.07, 6.45) is 7.99. The van der Waals surface area contributed by atoms with Crippen LogP contribution in [0, 0.1) is 0 Å². The number of halogens is 1. The van der Waals surface area contributed by atoms with Gasteiger partial charge in [-0.25, -0.2) is 14.6 Å². The van der Waals surface area contributed by atoms with Gasteiger partial charge in [0.1, 0.15) is 5.82 Å². The minimum atomic E-state index is 0.540. The Bertz CT molecular complexity index is 1360. The maximum atomic E-state index is 6.90. The molecule has 154 valence electrons. The smallest absolute Gasteiger partial charge is 0.218 e. The maximum Gasteiger partial charge on any atom is 0.218 e. The lowest BCUT2D eigenvalue weighted by Gasteiger charge is -2.14. The van der Waals surface area contributed by atoms with Crippen LogP contribution in [0.2, 0.25) is 5.02 Å². The van der Waals surface area contributed by atoms with Gasteiger partial charge in [0.05, 0.1) is 23.3 Å². The summed E-state index contributed by atoms with van der Waals surface area (Å²) < 4.78 is 9.39. The molecule has 2 aromatic carbocycles. The van der Waals surface area contributed by atoms with Crippen molar-refractivity contribution < 1.29 is 4.74 Å². The number of hydrogen-bond donors (Lipinski definition) is 0. The highest BCUT2D eigenvalue weighted by Gasteiger charge is 2.16. The molecule has 0 unspecified atom stereocenters. The summed E-state index contributed by atoms with van der Waals surface area (Å²) in [7, 11) is 3.59. The molecule has 0 aliphatic rings. The van der Waals surface area contributed by atoms with Gasteiger partial charge in [0.25, 0.3) is 0 Å². The first-order valence-electron chi connectivity index (χ1n) is 9.87. The molecule has 0 saturated heterocycles. The molecule has 0 radical (unpaired) electrons. The summed E-state index contributed by atoms with van der Waals surface area (Å²) >= 11 is 6.90. The van der Waals surface area contributed by atoms with Crippen molar-refractivity contribution in [3.63, 3.8) is 0 Å². The van der Waals surface area contributed by atoms with Crippen molar-refractivity contribution in [3.05, 3.63) is 89.5 Å². The standard InChI is InChI=1S/C24H20ClN5O/c1-29-13-11-26-23(29)17-6-9-21-19(15-17)22(25)20(24(28-21)31-2)14-16-4-7-18(8-5-16)30-12-3-10-27-30/h3-13,15H,14H2,1-2H3. The van der Waals surface area contributed by atoms with E-state index in [-0.39, 0.29) is 0 Å². The van der Waals surface area contributed by atoms with Gasteiger partial charge < -0.3 is 9.30 Å². The Kier molecular flexibility index (Phi) is 4.92. The molecule has 31 heavy (non-hydrogen) atoms. The van der Waals surface area contributed by atoms with E-state index < -0.39 is 0 Å². The van der Waals surface area contributed by atoms with Gasteiger partial charge in [-0.1, -0.05) is 23.7 Å². The van der Waals surface area contributed by atoms with Crippen LogP contribution in [0.4, 0.5) is 0 Å². The van der Waals surface area contributed by atoms with Crippen LogP contribution in [0.3, 0.4) is 0 Å². The third-order valence-corrected chi connectivity index (χ3v) is 5.77. The number of nitrogens with zero attached hydrogens (tertiary/aromatic N) is 5. The molecule has 0 atom stereocenters. The van der Waals surface area contributed by atoms with Gasteiger partial charge in [-0.2, -0.15) is 5.10 Å². The fourth-order valence-electron chi connectivity index (χ4n) is 3.74. The molecule has 0 fully saturated rings. The van der Waals surface area contributed by atoms with E-state index in [2.05, 4.69) is 22.2 Å². The minimum Gasteiger partial charge on any atom is -0.481 e. The zero-order valence-corrected chi connectivity index (χ0v) is 17.9. The molecule has 3 heterocycles. The SMILES string of the molecule is COc1nc2ccc(-c3nccn3C)cc2c(Cl)c1Cc1ccc(-n2cccn2)cc1. The van der Waals surface area contributed by atoms with Crippen molar-refractivity contribution in [2.75, 3.05) is 7.11 Å². The van der Waals surface area contributed by atoms with E-state index in [0.717, 1.165) is 39.1 Å². The van der Waals surface area contributed by atoms with Crippen molar-refractivity contribution in [2.45, 2.75) is 6.42 Å². The van der Waals surface area contributed by atoms with Crippen LogP contribution >= 0.6 is 11.6 Å². The van der Waals surface area contributed by atoms with E-state index in [1.165, 1.54) is 0 Å². The van der Waals surface area contributed by atoms with E-state index >= 15 is 0 Å². The largest absolute Gasteiger partial charge is 0.481 e. The van der Waals surface area contributed by atoms with Gasteiger partial charge in [-0.05, 0) is 42.0 Å². The molecule has 3 aromatic heterocycles. The van der Waals surface area contributed by atoms with E-state index in [1.807, 2.05) is 65.1 Å². The molecular weight excluding hydrogens is 410 g/mol. The van der Waals surface area contributed by atoms with Crippen LogP contribution in [0.5, 0.6) is 5.88 Å². The lowest BCUT2D eigenvalue weighted by molar-refractivity contribution is 0.395. The molecule has 0 spiro atoms. The number of imidazole rings is 1. The quantitative estimate of drug-likeness (QED) is 0.391. The number of aromatic nitrogens is 5. The zero-order valence-electron chi connectivity index (χ0n) is 17.2. The van der Waals surface area contributed by atoms with Crippen LogP contribution in [0.15, 0.2) is 73.3 Å². The van der Waals surface area contributed by atoms with E-state index in [4.69, 9.17) is 21.3 Å². The molecular formula is C24H20ClN5O. The molecule has 0 N–H and O–H groups in total. The Morgan fingerprint density at radius 1 is 1.03 bits per heavy atom. The molecule has 0 saturated carbocycles. The molecule has 0 aliphatic carbocycles. The third kappa shape index (κ3) is 3.55. The average molecular weight is 430 g/mol. The van der Waals surface area contributed by atoms with Gasteiger partial charge in [0.2, 0.25) is 5.88 Å². The Labute approximate surface area is 184 Å². The number of fused-ring (bicyclic) bond motifs is 1. The van der Waals surface area contributed by atoms with Crippen LogP contribution in [0.1, 0.15) is 11.1 Å². The van der Waals surface area contributed by atoms with Gasteiger partial charge in [0.15, 0.2) is 0 Å². The Balaban J connectivity index is 1.55. The number of ether oxygens (including phenoxy) is 1. The monoisotopic (exact) mass is 429 g/mol. The molecule has 6 nitrogen and oxygen atoms in total. The second-order valence-corrected chi connectivity index (χ2v) is 7.68. The van der Waals surface area contributed by atoms with Gasteiger partial charge in [0, 0.05) is 54.8 Å². The van der Waals surface area contributed by atoms with Gasteiger partial charge in [-0.15, -0.1) is 0 Å². The van der Waals surface area contributed by atoms with Crippen molar-refractivity contribution >= 4 is 22.5 Å². The van der Waals surface area contributed by atoms with Crippen molar-refractivity contribution in [1.82, 2.24) is 24.3 Å². The number of methoxy groups -OCH3 is 1. The van der Waals surface area contributed by atoms with Gasteiger partial charge >= 0.3 is 0 Å². The Hall–Kier alpha value is -3.64. The number of benzene rings is 2. The zero-order chi connectivity index (χ0) is 21.4. The van der Waals surface area contributed by atoms with Crippen molar-refractivity contribution in [3.8, 4) is 23.0 Å². The normalized spacial score (nSPS) is 11.2. The lowest BCUT2D eigenvalue weighted by atomic mass is 10.0. The average Bonchev–Trinajstić information content (AvgIpc) is 3.48. The van der Waals surface area contributed by atoms with Crippen molar-refractivity contribution in [1.29, 1.82) is 0 Å². The molecule has 7 heteroatoms. The Morgan fingerprint density at radius 2 is 1.87 bits per heavy atom. The molecule has 0 aliphatic heterocycles. The molecule has 0 amide bonds. The molecule has 0 bridgehead atoms. The summed E-state index contributed by atoms with van der Waals surface area (Å²) in [5, 5.41) is 5.80. The first-order chi connectivity index (χ1) is 15.1. The first kappa shape index (κ1) is 19.3. The van der Waals surface area contributed by atoms with Crippen LogP contribution in [-0.2, 0) is 13.5 Å². The summed E-state index contributed by atoms with van der Waals surface area (Å²) in [6.45, 7) is 0. The lowest BCUT2D eigenvalue weighted by Crippen LogP contribution is -2.00. The van der Waals surface area contributed by atoms with E-state index in [0.29, 0.717) is 17.3 Å². The Morgan fingerprint density at radius 3 is 2.55 bits per heavy atom. The maximum absolute atomic E-state index is 6.90. The highest BCUT2D eigenvalue weighted by molar-refractivity contribution is 6.36. The van der Waals surface area contributed by atoms with Crippen LogP contribution < -0.4 is 4.74 Å². The van der Waals surface area contributed by atoms with E-state index in [9.17, 15) is 0 Å². The summed E-state index contributed by atoms with van der Waals surface area (Å²) in [5.41, 5.74) is 4.75. The highest BCUT2D eigenvalue weighted by Crippen LogP contribution is 2.35. The minimum absolute atomic E-state index is 0.540. The second kappa shape index (κ2) is 7.89.